The van der Waals surface area contributed by atoms with Crippen LogP contribution in [0.3, 0.4) is 0 Å². The van der Waals surface area contributed by atoms with Crippen LogP contribution in [0.15, 0.2) is 59.6 Å². The zero-order valence-corrected chi connectivity index (χ0v) is 12.2. The highest BCUT2D eigenvalue weighted by Crippen LogP contribution is 2.35. The lowest BCUT2D eigenvalue weighted by Crippen LogP contribution is -2.40. The van der Waals surface area contributed by atoms with Gasteiger partial charge in [0.15, 0.2) is 11.5 Å². The summed E-state index contributed by atoms with van der Waals surface area (Å²) in [6.07, 6.45) is 0.383. The lowest BCUT2D eigenvalue weighted by atomic mass is 9.84. The van der Waals surface area contributed by atoms with Crippen molar-refractivity contribution in [3.05, 3.63) is 65.7 Å². The number of nitrogens with one attached hydrogen (secondary N) is 1. The fourth-order valence-electron chi connectivity index (χ4n) is 2.76. The molecule has 22 heavy (non-hydrogen) atoms. The van der Waals surface area contributed by atoms with E-state index in [0.29, 0.717) is 6.42 Å². The number of methoxy groups -OCH3 is 1. The molecule has 0 aromatic heterocycles. The Morgan fingerprint density at radius 1 is 1.14 bits per heavy atom. The molecule has 1 aliphatic heterocycles. The predicted molar refractivity (Wildman–Crippen MR) is 84.6 cm³/mol. The fourth-order valence-corrected chi connectivity index (χ4v) is 2.76. The van der Waals surface area contributed by atoms with Crippen LogP contribution in [0.25, 0.3) is 0 Å². The smallest absolute Gasteiger partial charge is 0.259 e. The third-order valence-electron chi connectivity index (χ3n) is 3.82. The summed E-state index contributed by atoms with van der Waals surface area (Å²) < 4.78 is 5.39. The van der Waals surface area contributed by atoms with Gasteiger partial charge >= 0.3 is 0 Å². The largest absolute Gasteiger partial charge is 0.496 e. The molecule has 5 nitrogen and oxygen atoms in total. The van der Waals surface area contributed by atoms with Gasteiger partial charge in [-0.25, -0.2) is 4.99 Å². The number of carbonyl (C=O) groups excluding carboxylic acids is 1. The zero-order valence-electron chi connectivity index (χ0n) is 12.2. The summed E-state index contributed by atoms with van der Waals surface area (Å²) in [7, 11) is 1.61. The Balaban J connectivity index is 2.10. The monoisotopic (exact) mass is 295 g/mol. The number of rotatable bonds is 4. The first kappa shape index (κ1) is 14.1. The molecule has 2 aromatic rings. The SMILES string of the molecule is COc1ccccc1CC1(c2ccccc2)N=C(N)NC1=O. The maximum Gasteiger partial charge on any atom is 0.259 e. The Morgan fingerprint density at radius 3 is 2.45 bits per heavy atom. The van der Waals surface area contributed by atoms with Crippen molar-refractivity contribution in [2.75, 3.05) is 7.11 Å². The summed E-state index contributed by atoms with van der Waals surface area (Å²) in [6, 6.07) is 17.1. The highest BCUT2D eigenvalue weighted by Gasteiger charge is 2.45. The zero-order chi connectivity index (χ0) is 15.6. The average Bonchev–Trinajstić information content (AvgIpc) is 2.83. The number of para-hydroxylation sites is 1. The Bertz CT molecular complexity index is 728. The molecule has 0 fully saturated rings. The van der Waals surface area contributed by atoms with E-state index in [9.17, 15) is 4.79 Å². The van der Waals surface area contributed by atoms with E-state index in [4.69, 9.17) is 10.5 Å². The van der Waals surface area contributed by atoms with Crippen LogP contribution >= 0.6 is 0 Å². The molecule has 5 heteroatoms. The topological polar surface area (TPSA) is 76.7 Å². The second-order valence-electron chi connectivity index (χ2n) is 5.17. The number of amides is 1. The molecule has 1 amide bonds. The minimum absolute atomic E-state index is 0.142. The lowest BCUT2D eigenvalue weighted by Gasteiger charge is -2.24. The molecule has 0 saturated heterocycles. The van der Waals surface area contributed by atoms with Crippen molar-refractivity contribution < 1.29 is 9.53 Å². The van der Waals surface area contributed by atoms with Crippen molar-refractivity contribution in [2.45, 2.75) is 12.0 Å². The van der Waals surface area contributed by atoms with Crippen molar-refractivity contribution in [3.63, 3.8) is 0 Å². The Hall–Kier alpha value is -2.82. The summed E-state index contributed by atoms with van der Waals surface area (Å²) in [5.41, 5.74) is 6.40. The number of nitrogens with zero attached hydrogens (tertiary/aromatic N) is 1. The van der Waals surface area contributed by atoms with Gasteiger partial charge < -0.3 is 10.5 Å². The van der Waals surface area contributed by atoms with Gasteiger partial charge in [0.05, 0.1) is 7.11 Å². The van der Waals surface area contributed by atoms with Crippen molar-refractivity contribution in [1.29, 1.82) is 0 Å². The number of carbonyl (C=O) groups is 1. The maximum absolute atomic E-state index is 12.6. The van der Waals surface area contributed by atoms with E-state index in [0.717, 1.165) is 16.9 Å². The van der Waals surface area contributed by atoms with Gasteiger partial charge in [-0.05, 0) is 17.2 Å². The van der Waals surface area contributed by atoms with Crippen molar-refractivity contribution in [2.24, 2.45) is 10.7 Å². The van der Waals surface area contributed by atoms with Crippen LogP contribution in [0.1, 0.15) is 11.1 Å². The Kier molecular flexibility index (Phi) is 3.55. The van der Waals surface area contributed by atoms with Crippen LogP contribution in [0.2, 0.25) is 0 Å². The predicted octanol–water partition coefficient (Wildman–Crippen LogP) is 1.58. The first-order valence-electron chi connectivity index (χ1n) is 7.00. The molecule has 0 aliphatic carbocycles. The molecule has 3 rings (SSSR count). The highest BCUT2D eigenvalue weighted by molar-refractivity contribution is 6.07. The van der Waals surface area contributed by atoms with Crippen LogP contribution in [0.4, 0.5) is 0 Å². The highest BCUT2D eigenvalue weighted by atomic mass is 16.5. The van der Waals surface area contributed by atoms with Gasteiger partial charge in [-0.1, -0.05) is 48.5 Å². The van der Waals surface area contributed by atoms with Crippen LogP contribution in [-0.4, -0.2) is 19.0 Å². The number of hydrogen-bond donors (Lipinski definition) is 2. The van der Waals surface area contributed by atoms with E-state index in [1.807, 2.05) is 54.6 Å². The molecule has 1 heterocycles. The van der Waals surface area contributed by atoms with Gasteiger partial charge in [-0.3, -0.25) is 10.1 Å². The van der Waals surface area contributed by atoms with E-state index in [1.54, 1.807) is 7.11 Å². The van der Waals surface area contributed by atoms with E-state index in [1.165, 1.54) is 0 Å². The van der Waals surface area contributed by atoms with Crippen LogP contribution < -0.4 is 15.8 Å². The molecule has 0 saturated carbocycles. The first-order chi connectivity index (χ1) is 10.7. The molecule has 0 spiro atoms. The summed E-state index contributed by atoms with van der Waals surface area (Å²) in [4.78, 5) is 17.0. The van der Waals surface area contributed by atoms with Gasteiger partial charge in [0.2, 0.25) is 0 Å². The molecule has 3 N–H and O–H groups in total. The minimum Gasteiger partial charge on any atom is -0.496 e. The van der Waals surface area contributed by atoms with Gasteiger partial charge in [-0.2, -0.15) is 0 Å². The fraction of sp³-hybridized carbons (Fsp3) is 0.176. The molecular weight excluding hydrogens is 278 g/mol. The summed E-state index contributed by atoms with van der Waals surface area (Å²) >= 11 is 0. The quantitative estimate of drug-likeness (QED) is 0.899. The van der Waals surface area contributed by atoms with Gasteiger partial charge in [0, 0.05) is 6.42 Å². The van der Waals surface area contributed by atoms with Crippen molar-refractivity contribution in [3.8, 4) is 5.75 Å². The third kappa shape index (κ3) is 2.30. The molecular formula is C17H17N3O2. The summed E-state index contributed by atoms with van der Waals surface area (Å²) in [6.45, 7) is 0. The maximum atomic E-state index is 12.6. The van der Waals surface area contributed by atoms with Gasteiger partial charge in [0.1, 0.15) is 5.75 Å². The Morgan fingerprint density at radius 2 is 1.82 bits per heavy atom. The number of benzene rings is 2. The van der Waals surface area contributed by atoms with Crippen LogP contribution in [-0.2, 0) is 16.8 Å². The number of ether oxygens (including phenoxy) is 1. The second kappa shape index (κ2) is 5.52. The Labute approximate surface area is 128 Å². The van der Waals surface area contributed by atoms with Crippen LogP contribution in [0.5, 0.6) is 5.75 Å². The molecule has 0 radical (unpaired) electrons. The van der Waals surface area contributed by atoms with E-state index < -0.39 is 5.54 Å². The first-order valence-corrected chi connectivity index (χ1v) is 7.00. The molecule has 1 unspecified atom stereocenters. The van der Waals surface area contributed by atoms with E-state index >= 15 is 0 Å². The van der Waals surface area contributed by atoms with E-state index in [2.05, 4.69) is 10.3 Å². The number of hydrogen-bond acceptors (Lipinski definition) is 4. The molecule has 1 atom stereocenters. The molecule has 1 aliphatic rings. The third-order valence-corrected chi connectivity index (χ3v) is 3.82. The number of nitrogens with two attached hydrogens (primary N) is 1. The van der Waals surface area contributed by atoms with E-state index in [-0.39, 0.29) is 11.9 Å². The minimum atomic E-state index is -1.06. The van der Waals surface area contributed by atoms with Crippen molar-refractivity contribution >= 4 is 11.9 Å². The lowest BCUT2D eigenvalue weighted by molar-refractivity contribution is -0.124. The number of guanidine groups is 1. The average molecular weight is 295 g/mol. The molecule has 112 valence electrons. The van der Waals surface area contributed by atoms with Crippen LogP contribution in [0, 0.1) is 0 Å². The second-order valence-corrected chi connectivity index (χ2v) is 5.17. The van der Waals surface area contributed by atoms with Gasteiger partial charge in [-0.15, -0.1) is 0 Å². The summed E-state index contributed by atoms with van der Waals surface area (Å²) in [5.74, 6) is 0.650. The van der Waals surface area contributed by atoms with Crippen molar-refractivity contribution in [1.82, 2.24) is 5.32 Å². The number of aliphatic imine (C=N–C) groups is 1. The van der Waals surface area contributed by atoms with Gasteiger partial charge in [0.25, 0.3) is 5.91 Å². The normalized spacial score (nSPS) is 20.4. The standard InChI is InChI=1S/C17H17N3O2/c1-22-14-10-6-5-7-12(14)11-17(13-8-3-2-4-9-13)15(21)19-16(18)20-17/h2-10H,11H2,1H3,(H3,18,19,20,21). The molecule has 0 bridgehead atoms. The summed E-state index contributed by atoms with van der Waals surface area (Å²) in [5, 5.41) is 2.61. The molecule has 2 aromatic carbocycles.